The maximum absolute atomic E-state index is 12.0. The minimum atomic E-state index is -0.750. The van der Waals surface area contributed by atoms with Crippen LogP contribution in [-0.2, 0) is 16.0 Å². The number of hydrogen-bond acceptors (Lipinski definition) is 5. The number of amides is 2. The van der Waals surface area contributed by atoms with Gasteiger partial charge in [0, 0.05) is 11.4 Å². The Bertz CT molecular complexity index is 798. The second kappa shape index (κ2) is 8.43. The van der Waals surface area contributed by atoms with Crippen molar-refractivity contribution >= 4 is 34.6 Å². The van der Waals surface area contributed by atoms with Gasteiger partial charge in [-0.1, -0.05) is 6.07 Å². The van der Waals surface area contributed by atoms with Crippen LogP contribution in [0.5, 0.6) is 5.75 Å². The number of anilines is 1. The van der Waals surface area contributed by atoms with Crippen LogP contribution in [0.15, 0.2) is 30.3 Å². The van der Waals surface area contributed by atoms with E-state index >= 15 is 0 Å². The van der Waals surface area contributed by atoms with Gasteiger partial charge in [0.15, 0.2) is 5.78 Å². The van der Waals surface area contributed by atoms with Gasteiger partial charge in [0.2, 0.25) is 0 Å². The largest absolute Gasteiger partial charge is 0.495 e. The highest BCUT2D eigenvalue weighted by atomic mass is 32.1. The quantitative estimate of drug-likeness (QED) is 0.612. The van der Waals surface area contributed by atoms with E-state index in [9.17, 15) is 14.4 Å². The van der Waals surface area contributed by atoms with E-state index in [1.807, 2.05) is 19.1 Å². The van der Waals surface area contributed by atoms with Crippen molar-refractivity contribution in [2.45, 2.75) is 20.3 Å². The Morgan fingerprint density at radius 3 is 2.52 bits per heavy atom. The van der Waals surface area contributed by atoms with E-state index in [2.05, 4.69) is 10.6 Å². The third kappa shape index (κ3) is 5.15. The summed E-state index contributed by atoms with van der Waals surface area (Å²) in [6.45, 7) is 3.71. The number of nitrogens with one attached hydrogen (secondary N) is 2. The van der Waals surface area contributed by atoms with Crippen molar-refractivity contribution in [2.75, 3.05) is 19.0 Å². The molecule has 1 aromatic heterocycles. The zero-order valence-electron chi connectivity index (χ0n) is 14.3. The zero-order chi connectivity index (χ0) is 18.4. The van der Waals surface area contributed by atoms with Gasteiger partial charge in [-0.3, -0.25) is 14.4 Å². The molecule has 0 atom stereocenters. The van der Waals surface area contributed by atoms with Crippen molar-refractivity contribution in [3.63, 3.8) is 0 Å². The number of Topliss-reactive ketones (excluding diaryl/α,β-unsaturated/α-hetero) is 1. The predicted molar refractivity (Wildman–Crippen MR) is 97.4 cm³/mol. The number of benzene rings is 1. The van der Waals surface area contributed by atoms with Gasteiger partial charge >= 0.3 is 11.8 Å². The Balaban J connectivity index is 1.87. The van der Waals surface area contributed by atoms with Gasteiger partial charge in [-0.25, -0.2) is 0 Å². The fourth-order valence-electron chi connectivity index (χ4n) is 2.18. The lowest BCUT2D eigenvalue weighted by molar-refractivity contribution is -0.136. The van der Waals surface area contributed by atoms with Gasteiger partial charge < -0.3 is 15.4 Å². The van der Waals surface area contributed by atoms with Gasteiger partial charge in [-0.15, -0.1) is 11.3 Å². The molecule has 0 spiro atoms. The van der Waals surface area contributed by atoms with Crippen LogP contribution in [0.2, 0.25) is 0 Å². The van der Waals surface area contributed by atoms with E-state index in [4.69, 9.17) is 4.74 Å². The van der Waals surface area contributed by atoms with Crippen molar-refractivity contribution in [3.05, 3.63) is 45.6 Å². The minimum absolute atomic E-state index is 0.0202. The molecule has 7 heteroatoms. The summed E-state index contributed by atoms with van der Waals surface area (Å²) in [5.74, 6) is -0.958. The number of hydrogen-bond donors (Lipinski definition) is 2. The molecule has 0 aliphatic heterocycles. The zero-order valence-corrected chi connectivity index (χ0v) is 15.2. The molecule has 0 saturated heterocycles. The highest BCUT2D eigenvalue weighted by Crippen LogP contribution is 2.25. The number of rotatable bonds is 6. The normalized spacial score (nSPS) is 10.2. The highest BCUT2D eigenvalue weighted by Gasteiger charge is 2.15. The van der Waals surface area contributed by atoms with Crippen molar-refractivity contribution in [3.8, 4) is 5.75 Å². The molecule has 0 bridgehead atoms. The lowest BCUT2D eigenvalue weighted by Crippen LogP contribution is -2.36. The first-order chi connectivity index (χ1) is 11.9. The van der Waals surface area contributed by atoms with Crippen LogP contribution in [0.1, 0.15) is 27.0 Å². The summed E-state index contributed by atoms with van der Waals surface area (Å²) in [6.07, 6.45) is 0.560. The number of ketones is 1. The third-order valence-corrected chi connectivity index (χ3v) is 4.72. The fraction of sp³-hybridized carbons (Fsp3) is 0.278. The SMILES string of the molecule is COc1ccc(C)cc1NC(=O)C(=O)NCCc1ccc(C(C)=O)s1. The molecule has 0 radical (unpaired) electrons. The van der Waals surface area contributed by atoms with Gasteiger partial charge in [-0.2, -0.15) is 0 Å². The molecular weight excluding hydrogens is 340 g/mol. The standard InChI is InChI=1S/C18H20N2O4S/c1-11-4-6-15(24-3)14(10-11)20-18(23)17(22)19-9-8-13-5-7-16(25-13)12(2)21/h4-7,10H,8-9H2,1-3H3,(H,19,22)(H,20,23). The first kappa shape index (κ1) is 18.7. The molecule has 0 aliphatic rings. The average molecular weight is 360 g/mol. The van der Waals surface area contributed by atoms with E-state index in [1.54, 1.807) is 18.2 Å². The molecule has 1 heterocycles. The molecule has 0 saturated carbocycles. The van der Waals surface area contributed by atoms with E-state index in [-0.39, 0.29) is 5.78 Å². The Kier molecular flexibility index (Phi) is 6.30. The summed E-state index contributed by atoms with van der Waals surface area (Å²) >= 11 is 1.39. The maximum atomic E-state index is 12.0. The van der Waals surface area contributed by atoms with Crippen LogP contribution >= 0.6 is 11.3 Å². The Hall–Kier alpha value is -2.67. The van der Waals surface area contributed by atoms with Crippen LogP contribution in [0, 0.1) is 6.92 Å². The second-order valence-electron chi connectivity index (χ2n) is 5.49. The van der Waals surface area contributed by atoms with E-state index < -0.39 is 11.8 Å². The van der Waals surface area contributed by atoms with E-state index in [0.29, 0.717) is 29.3 Å². The number of carbonyl (C=O) groups is 3. The summed E-state index contributed by atoms with van der Waals surface area (Å²) in [4.78, 5) is 36.8. The third-order valence-electron chi connectivity index (χ3n) is 3.48. The average Bonchev–Trinajstić information content (AvgIpc) is 3.04. The van der Waals surface area contributed by atoms with Gasteiger partial charge in [0.1, 0.15) is 5.75 Å². The number of methoxy groups -OCH3 is 1. The van der Waals surface area contributed by atoms with Crippen molar-refractivity contribution in [1.29, 1.82) is 0 Å². The number of thiophene rings is 1. The molecule has 1 aromatic carbocycles. The summed E-state index contributed by atoms with van der Waals surface area (Å²) in [7, 11) is 1.50. The van der Waals surface area contributed by atoms with Crippen LogP contribution < -0.4 is 15.4 Å². The lowest BCUT2D eigenvalue weighted by Gasteiger charge is -2.11. The molecule has 0 unspecified atom stereocenters. The summed E-state index contributed by atoms with van der Waals surface area (Å²) in [5, 5.41) is 5.12. The summed E-state index contributed by atoms with van der Waals surface area (Å²) in [6, 6.07) is 8.93. The molecule has 0 fully saturated rings. The number of aryl methyl sites for hydroxylation is 1. The van der Waals surface area contributed by atoms with Crippen molar-refractivity contribution < 1.29 is 19.1 Å². The second-order valence-corrected chi connectivity index (χ2v) is 6.65. The molecule has 0 aliphatic carbocycles. The van der Waals surface area contributed by atoms with E-state index in [1.165, 1.54) is 25.4 Å². The molecule has 6 nitrogen and oxygen atoms in total. The molecule has 2 aromatic rings. The number of carbonyl (C=O) groups excluding carboxylic acids is 3. The van der Waals surface area contributed by atoms with Crippen LogP contribution in [0.25, 0.3) is 0 Å². The smallest absolute Gasteiger partial charge is 0.313 e. The summed E-state index contributed by atoms with van der Waals surface area (Å²) < 4.78 is 5.17. The molecule has 2 N–H and O–H groups in total. The number of ether oxygens (including phenoxy) is 1. The Labute approximate surface area is 150 Å². The van der Waals surface area contributed by atoms with Gasteiger partial charge in [0.05, 0.1) is 17.7 Å². The predicted octanol–water partition coefficient (Wildman–Crippen LogP) is 2.57. The Morgan fingerprint density at radius 1 is 1.12 bits per heavy atom. The highest BCUT2D eigenvalue weighted by molar-refractivity contribution is 7.14. The first-order valence-electron chi connectivity index (χ1n) is 7.74. The van der Waals surface area contributed by atoms with Crippen molar-refractivity contribution in [1.82, 2.24) is 5.32 Å². The van der Waals surface area contributed by atoms with Crippen LogP contribution in [-0.4, -0.2) is 31.3 Å². The molecular formula is C18H20N2O4S. The van der Waals surface area contributed by atoms with Crippen molar-refractivity contribution in [2.24, 2.45) is 0 Å². The minimum Gasteiger partial charge on any atom is -0.495 e. The maximum Gasteiger partial charge on any atom is 0.313 e. The molecule has 25 heavy (non-hydrogen) atoms. The summed E-state index contributed by atoms with van der Waals surface area (Å²) in [5.41, 5.74) is 1.39. The first-order valence-corrected chi connectivity index (χ1v) is 8.56. The topological polar surface area (TPSA) is 84.5 Å². The monoisotopic (exact) mass is 360 g/mol. The van der Waals surface area contributed by atoms with Gasteiger partial charge in [-0.05, 0) is 50.1 Å². The molecule has 2 amide bonds. The Morgan fingerprint density at radius 2 is 1.88 bits per heavy atom. The van der Waals surface area contributed by atoms with E-state index in [0.717, 1.165) is 10.4 Å². The lowest BCUT2D eigenvalue weighted by atomic mass is 10.2. The van der Waals surface area contributed by atoms with Gasteiger partial charge in [0.25, 0.3) is 0 Å². The van der Waals surface area contributed by atoms with Crippen LogP contribution in [0.4, 0.5) is 5.69 Å². The fourth-order valence-corrected chi connectivity index (χ4v) is 3.08. The molecule has 132 valence electrons. The van der Waals surface area contributed by atoms with Crippen LogP contribution in [0.3, 0.4) is 0 Å². The molecule has 2 rings (SSSR count).